The van der Waals surface area contributed by atoms with Gasteiger partial charge in [-0.15, -0.1) is 11.8 Å². The molecule has 2 unspecified atom stereocenters. The zero-order valence-electron chi connectivity index (χ0n) is 11.2. The van der Waals surface area contributed by atoms with E-state index in [1.165, 1.54) is 4.90 Å². The summed E-state index contributed by atoms with van der Waals surface area (Å²) in [5.41, 5.74) is 7.41. The van der Waals surface area contributed by atoms with Crippen LogP contribution in [0.25, 0.3) is 0 Å². The van der Waals surface area contributed by atoms with Gasteiger partial charge in [-0.3, -0.25) is 0 Å². The molecule has 2 aromatic rings. The molecule has 0 aliphatic rings. The second-order valence-corrected chi connectivity index (χ2v) is 7.12. The molecule has 1 nitrogen and oxygen atoms in total. The summed E-state index contributed by atoms with van der Waals surface area (Å²) in [5, 5.41) is 0.945. The SMILES string of the molecule is CCC(N)C(Sc1ccc(Br)cc1)c1ccccc1Cl. The molecule has 0 saturated heterocycles. The van der Waals surface area contributed by atoms with E-state index >= 15 is 0 Å². The molecule has 0 bridgehead atoms. The van der Waals surface area contributed by atoms with E-state index < -0.39 is 0 Å². The van der Waals surface area contributed by atoms with Gasteiger partial charge in [0.15, 0.2) is 0 Å². The van der Waals surface area contributed by atoms with Gasteiger partial charge in [0, 0.05) is 20.4 Å². The van der Waals surface area contributed by atoms with Crippen LogP contribution in [0.15, 0.2) is 57.9 Å². The molecule has 0 aliphatic carbocycles. The molecule has 0 fully saturated rings. The van der Waals surface area contributed by atoms with Crippen molar-refractivity contribution in [2.24, 2.45) is 5.73 Å². The highest BCUT2D eigenvalue weighted by Gasteiger charge is 2.22. The Balaban J connectivity index is 2.29. The molecule has 106 valence electrons. The standard InChI is InChI=1S/C16H17BrClNS/c1-2-15(19)16(13-5-3-4-6-14(13)18)20-12-9-7-11(17)8-10-12/h3-10,15-16H,2,19H2,1H3. The zero-order chi connectivity index (χ0) is 14.5. The Hall–Kier alpha value is -0.480. The maximum atomic E-state index is 6.34. The molecule has 2 N–H and O–H groups in total. The number of hydrogen-bond donors (Lipinski definition) is 1. The van der Waals surface area contributed by atoms with Crippen LogP contribution in [0.3, 0.4) is 0 Å². The van der Waals surface area contributed by atoms with Gasteiger partial charge in [0.1, 0.15) is 0 Å². The molecule has 0 heterocycles. The van der Waals surface area contributed by atoms with Crippen LogP contribution in [-0.4, -0.2) is 6.04 Å². The van der Waals surface area contributed by atoms with Crippen molar-refractivity contribution in [1.29, 1.82) is 0 Å². The molecule has 0 spiro atoms. The summed E-state index contributed by atoms with van der Waals surface area (Å²) in [7, 11) is 0. The highest BCUT2D eigenvalue weighted by atomic mass is 79.9. The Morgan fingerprint density at radius 3 is 2.40 bits per heavy atom. The highest BCUT2D eigenvalue weighted by Crippen LogP contribution is 2.41. The molecular weight excluding hydrogens is 354 g/mol. The van der Waals surface area contributed by atoms with Crippen LogP contribution < -0.4 is 5.73 Å². The fourth-order valence-electron chi connectivity index (χ4n) is 1.96. The monoisotopic (exact) mass is 369 g/mol. The number of rotatable bonds is 5. The summed E-state index contributed by atoms with van der Waals surface area (Å²) >= 11 is 11.6. The van der Waals surface area contributed by atoms with Crippen LogP contribution in [0.4, 0.5) is 0 Å². The van der Waals surface area contributed by atoms with Crippen molar-refractivity contribution in [3.63, 3.8) is 0 Å². The minimum absolute atomic E-state index is 0.0727. The lowest BCUT2D eigenvalue weighted by Crippen LogP contribution is -2.25. The van der Waals surface area contributed by atoms with Gasteiger partial charge in [0.25, 0.3) is 0 Å². The summed E-state index contributed by atoms with van der Waals surface area (Å²) in [6.07, 6.45) is 0.916. The minimum atomic E-state index is 0.0727. The van der Waals surface area contributed by atoms with Crippen LogP contribution in [0.5, 0.6) is 0 Å². The molecule has 4 heteroatoms. The molecule has 0 aromatic heterocycles. The summed E-state index contributed by atoms with van der Waals surface area (Å²) < 4.78 is 1.08. The second-order valence-electron chi connectivity index (χ2n) is 4.59. The van der Waals surface area contributed by atoms with E-state index in [1.54, 1.807) is 11.8 Å². The smallest absolute Gasteiger partial charge is 0.0510 e. The molecule has 0 aliphatic heterocycles. The van der Waals surface area contributed by atoms with Gasteiger partial charge in [-0.05, 0) is 42.3 Å². The minimum Gasteiger partial charge on any atom is -0.326 e. The third-order valence-corrected chi connectivity index (χ3v) is 5.42. The normalized spacial score (nSPS) is 14.0. The first kappa shape index (κ1) is 15.9. The van der Waals surface area contributed by atoms with Gasteiger partial charge in [0.2, 0.25) is 0 Å². The maximum absolute atomic E-state index is 6.34. The lowest BCUT2D eigenvalue weighted by molar-refractivity contribution is 0.634. The average molecular weight is 371 g/mol. The number of benzene rings is 2. The Kier molecular flexibility index (Phi) is 5.97. The van der Waals surface area contributed by atoms with Gasteiger partial charge < -0.3 is 5.73 Å². The first-order valence-electron chi connectivity index (χ1n) is 6.54. The molecule has 2 atom stereocenters. The molecule has 0 saturated carbocycles. The Morgan fingerprint density at radius 1 is 1.15 bits per heavy atom. The molecule has 0 radical (unpaired) electrons. The fourth-order valence-corrected chi connectivity index (χ4v) is 3.83. The van der Waals surface area contributed by atoms with Crippen molar-refractivity contribution in [2.75, 3.05) is 0 Å². The van der Waals surface area contributed by atoms with Crippen LogP contribution in [0.2, 0.25) is 5.02 Å². The zero-order valence-corrected chi connectivity index (χ0v) is 14.4. The van der Waals surface area contributed by atoms with Gasteiger partial charge in [-0.1, -0.05) is 52.7 Å². The van der Waals surface area contributed by atoms with Crippen LogP contribution in [0, 0.1) is 0 Å². The molecule has 2 aromatic carbocycles. The first-order chi connectivity index (χ1) is 9.61. The molecule has 20 heavy (non-hydrogen) atoms. The van der Waals surface area contributed by atoms with Crippen LogP contribution in [-0.2, 0) is 0 Å². The fraction of sp³-hybridized carbons (Fsp3) is 0.250. The van der Waals surface area contributed by atoms with Crippen LogP contribution >= 0.6 is 39.3 Å². The lowest BCUT2D eigenvalue weighted by atomic mass is 10.0. The third kappa shape index (κ3) is 4.01. The van der Waals surface area contributed by atoms with Gasteiger partial charge in [-0.2, -0.15) is 0 Å². The Labute approximate surface area is 138 Å². The van der Waals surface area contributed by atoms with E-state index in [4.69, 9.17) is 17.3 Å². The van der Waals surface area contributed by atoms with E-state index in [9.17, 15) is 0 Å². The largest absolute Gasteiger partial charge is 0.326 e. The number of thioether (sulfide) groups is 1. The average Bonchev–Trinajstić information content (AvgIpc) is 2.47. The van der Waals surface area contributed by atoms with E-state index in [0.717, 1.165) is 21.5 Å². The summed E-state index contributed by atoms with van der Waals surface area (Å²) in [6, 6.07) is 16.3. The highest BCUT2D eigenvalue weighted by molar-refractivity contribution is 9.10. The van der Waals surface area contributed by atoms with Crippen molar-refractivity contribution in [3.8, 4) is 0 Å². The van der Waals surface area contributed by atoms with Crippen molar-refractivity contribution in [1.82, 2.24) is 0 Å². The predicted molar refractivity (Wildman–Crippen MR) is 92.5 cm³/mol. The summed E-state index contributed by atoms with van der Waals surface area (Å²) in [6.45, 7) is 2.11. The number of hydrogen-bond acceptors (Lipinski definition) is 2. The maximum Gasteiger partial charge on any atom is 0.0510 e. The quantitative estimate of drug-likeness (QED) is 0.686. The van der Waals surface area contributed by atoms with Gasteiger partial charge >= 0.3 is 0 Å². The van der Waals surface area contributed by atoms with Crippen molar-refractivity contribution in [2.45, 2.75) is 29.5 Å². The van der Waals surface area contributed by atoms with Crippen molar-refractivity contribution in [3.05, 3.63) is 63.6 Å². The van der Waals surface area contributed by atoms with E-state index in [2.05, 4.69) is 41.1 Å². The predicted octanol–water partition coefficient (Wildman–Crippen LogP) is 5.67. The van der Waals surface area contributed by atoms with Crippen LogP contribution in [0.1, 0.15) is 24.2 Å². The summed E-state index contributed by atoms with van der Waals surface area (Å²) in [4.78, 5) is 1.20. The third-order valence-electron chi connectivity index (χ3n) is 3.15. The van der Waals surface area contributed by atoms with E-state index in [1.807, 2.05) is 30.3 Å². The second kappa shape index (κ2) is 7.51. The topological polar surface area (TPSA) is 26.0 Å². The van der Waals surface area contributed by atoms with Crippen molar-refractivity contribution < 1.29 is 0 Å². The summed E-state index contributed by atoms with van der Waals surface area (Å²) in [5.74, 6) is 0. The van der Waals surface area contributed by atoms with E-state index in [0.29, 0.717) is 0 Å². The number of nitrogens with two attached hydrogens (primary N) is 1. The molecule has 2 rings (SSSR count). The lowest BCUT2D eigenvalue weighted by Gasteiger charge is -2.24. The van der Waals surface area contributed by atoms with E-state index in [-0.39, 0.29) is 11.3 Å². The molecule has 0 amide bonds. The molecular formula is C16H17BrClNS. The Morgan fingerprint density at radius 2 is 1.80 bits per heavy atom. The number of halogens is 2. The first-order valence-corrected chi connectivity index (χ1v) is 8.59. The van der Waals surface area contributed by atoms with Crippen molar-refractivity contribution >= 4 is 39.3 Å². The van der Waals surface area contributed by atoms with Gasteiger partial charge in [-0.25, -0.2) is 0 Å². The Bertz CT molecular complexity index is 559. The van der Waals surface area contributed by atoms with Gasteiger partial charge in [0.05, 0.1) is 5.25 Å².